The maximum Gasteiger partial charge on any atom is 0.261 e. The van der Waals surface area contributed by atoms with Crippen molar-refractivity contribution in [2.24, 2.45) is 5.73 Å². The minimum absolute atomic E-state index is 0.437. The lowest BCUT2D eigenvalue weighted by Crippen LogP contribution is -2.09. The van der Waals surface area contributed by atoms with Crippen LogP contribution in [0.3, 0.4) is 0 Å². The normalized spacial score (nSPS) is 9.80. The molecule has 0 aliphatic carbocycles. The van der Waals surface area contributed by atoms with Crippen molar-refractivity contribution in [1.82, 2.24) is 4.98 Å². The summed E-state index contributed by atoms with van der Waals surface area (Å²) in [5, 5.41) is 0. The van der Waals surface area contributed by atoms with Crippen LogP contribution < -0.4 is 5.73 Å². The lowest BCUT2D eigenvalue weighted by Gasteiger charge is -1.84. The van der Waals surface area contributed by atoms with Gasteiger partial charge in [0.1, 0.15) is 9.48 Å². The first-order chi connectivity index (χ1) is 4.61. The smallest absolute Gasteiger partial charge is 0.261 e. The van der Waals surface area contributed by atoms with E-state index < -0.39 is 5.91 Å². The number of halogens is 2. The van der Waals surface area contributed by atoms with Crippen molar-refractivity contribution in [3.05, 3.63) is 13.4 Å². The predicted molar refractivity (Wildman–Crippen MR) is 46.0 cm³/mol. The Balaban J connectivity index is 3.15. The van der Waals surface area contributed by atoms with Crippen molar-refractivity contribution in [3.8, 4) is 0 Å². The molecule has 1 aromatic rings. The Morgan fingerprint density at radius 3 is 2.40 bits per heavy atom. The van der Waals surface area contributed by atoms with Crippen molar-refractivity contribution in [2.75, 3.05) is 0 Å². The summed E-state index contributed by atoms with van der Waals surface area (Å²) >= 11 is 7.41. The minimum atomic E-state index is -0.463. The first kappa shape index (κ1) is 8.16. The van der Waals surface area contributed by atoms with E-state index in [1.807, 2.05) is 0 Å². The van der Waals surface area contributed by atoms with Gasteiger partial charge in [-0.25, -0.2) is 4.98 Å². The first-order valence-corrected chi connectivity index (χ1v) is 4.63. The third-order valence-electron chi connectivity index (χ3n) is 0.784. The van der Waals surface area contributed by atoms with Gasteiger partial charge in [0.25, 0.3) is 5.91 Å². The van der Waals surface area contributed by atoms with Crippen LogP contribution in [0.1, 0.15) is 9.67 Å². The lowest BCUT2D eigenvalue weighted by atomic mass is 10.5. The number of carbonyl (C=O) groups excluding carboxylic acids is 1. The van der Waals surface area contributed by atoms with E-state index >= 15 is 0 Å². The second kappa shape index (κ2) is 2.98. The fourth-order valence-electron chi connectivity index (χ4n) is 0.429. The summed E-state index contributed by atoms with van der Waals surface area (Å²) in [6.45, 7) is 0. The quantitative estimate of drug-likeness (QED) is 0.855. The van der Waals surface area contributed by atoms with E-state index in [0.717, 1.165) is 0 Å². The average molecular weight is 286 g/mol. The number of nitrogens with zero attached hydrogens (tertiary/aromatic N) is 1. The van der Waals surface area contributed by atoms with Crippen molar-refractivity contribution in [1.29, 1.82) is 0 Å². The molecular weight excluding hydrogens is 284 g/mol. The Morgan fingerprint density at radius 2 is 2.20 bits per heavy atom. The lowest BCUT2D eigenvalue weighted by molar-refractivity contribution is 0.100. The number of thiazole rings is 1. The minimum Gasteiger partial charge on any atom is -0.365 e. The van der Waals surface area contributed by atoms with Crippen LogP contribution in [0.25, 0.3) is 0 Å². The molecule has 2 N–H and O–H groups in total. The van der Waals surface area contributed by atoms with Gasteiger partial charge in [-0.15, -0.1) is 11.3 Å². The number of aromatic nitrogens is 1. The summed E-state index contributed by atoms with van der Waals surface area (Å²) < 4.78 is 1.14. The molecule has 3 nitrogen and oxygen atoms in total. The fourth-order valence-corrected chi connectivity index (χ4v) is 2.60. The van der Waals surface area contributed by atoms with Gasteiger partial charge < -0.3 is 5.73 Å². The van der Waals surface area contributed by atoms with E-state index in [1.54, 1.807) is 0 Å². The monoisotopic (exact) mass is 284 g/mol. The van der Waals surface area contributed by atoms with Gasteiger partial charge in [-0.05, 0) is 31.9 Å². The Labute approximate surface area is 77.9 Å². The molecule has 0 bridgehead atoms. The van der Waals surface area contributed by atoms with Gasteiger partial charge >= 0.3 is 0 Å². The van der Waals surface area contributed by atoms with E-state index in [4.69, 9.17) is 5.73 Å². The van der Waals surface area contributed by atoms with Gasteiger partial charge in [0.05, 0.1) is 0 Å². The molecule has 1 heterocycles. The zero-order valence-corrected chi connectivity index (χ0v) is 8.59. The molecule has 0 atom stereocenters. The number of amides is 1. The van der Waals surface area contributed by atoms with E-state index in [-0.39, 0.29) is 0 Å². The highest BCUT2D eigenvalue weighted by Gasteiger charge is 2.11. The third kappa shape index (κ3) is 1.56. The van der Waals surface area contributed by atoms with Crippen LogP contribution in [0.15, 0.2) is 8.52 Å². The molecule has 0 spiro atoms. The van der Waals surface area contributed by atoms with Crippen molar-refractivity contribution in [2.45, 2.75) is 0 Å². The SMILES string of the molecule is NC(=O)c1sc(Br)nc1Br. The molecule has 54 valence electrons. The van der Waals surface area contributed by atoms with Crippen molar-refractivity contribution < 1.29 is 4.79 Å². The van der Waals surface area contributed by atoms with E-state index in [9.17, 15) is 4.79 Å². The standard InChI is InChI=1S/C4H2Br2N2OS/c5-2-1(3(7)9)10-4(6)8-2/h(H2,7,9). The number of rotatable bonds is 1. The Hall–Kier alpha value is 0.0600. The number of carbonyl (C=O) groups is 1. The highest BCUT2D eigenvalue weighted by Crippen LogP contribution is 2.26. The molecule has 0 aliphatic heterocycles. The molecule has 0 aliphatic rings. The van der Waals surface area contributed by atoms with Crippen LogP contribution >= 0.6 is 43.2 Å². The van der Waals surface area contributed by atoms with Gasteiger partial charge in [0.2, 0.25) is 0 Å². The summed E-state index contributed by atoms with van der Waals surface area (Å²) in [6, 6.07) is 0. The molecule has 0 saturated heterocycles. The Kier molecular flexibility index (Phi) is 2.43. The first-order valence-electron chi connectivity index (χ1n) is 2.23. The van der Waals surface area contributed by atoms with Gasteiger partial charge in [-0.3, -0.25) is 4.79 Å². The summed E-state index contributed by atoms with van der Waals surface area (Å²) in [5.74, 6) is -0.463. The summed E-state index contributed by atoms with van der Waals surface area (Å²) in [7, 11) is 0. The zero-order valence-electron chi connectivity index (χ0n) is 4.60. The van der Waals surface area contributed by atoms with Crippen LogP contribution in [-0.2, 0) is 0 Å². The van der Waals surface area contributed by atoms with E-state index in [1.165, 1.54) is 11.3 Å². The van der Waals surface area contributed by atoms with E-state index in [0.29, 0.717) is 13.4 Å². The molecule has 1 amide bonds. The van der Waals surface area contributed by atoms with Gasteiger partial charge in [-0.2, -0.15) is 0 Å². The molecule has 0 saturated carbocycles. The third-order valence-corrected chi connectivity index (χ3v) is 3.14. The van der Waals surface area contributed by atoms with Crippen LogP contribution in [0.2, 0.25) is 0 Å². The van der Waals surface area contributed by atoms with Crippen LogP contribution in [0.4, 0.5) is 0 Å². The average Bonchev–Trinajstić information content (AvgIpc) is 2.10. The van der Waals surface area contributed by atoms with Crippen LogP contribution in [0, 0.1) is 0 Å². The number of hydrogen-bond acceptors (Lipinski definition) is 3. The molecule has 0 unspecified atom stereocenters. The molecule has 10 heavy (non-hydrogen) atoms. The molecule has 0 fully saturated rings. The second-order valence-electron chi connectivity index (χ2n) is 1.45. The largest absolute Gasteiger partial charge is 0.365 e. The molecule has 0 aromatic carbocycles. The second-order valence-corrected chi connectivity index (χ2v) is 4.48. The van der Waals surface area contributed by atoms with Crippen molar-refractivity contribution in [3.63, 3.8) is 0 Å². The fraction of sp³-hybridized carbons (Fsp3) is 0. The summed E-state index contributed by atoms with van der Waals surface area (Å²) in [4.78, 5) is 14.9. The van der Waals surface area contributed by atoms with E-state index in [2.05, 4.69) is 36.8 Å². The van der Waals surface area contributed by atoms with Gasteiger partial charge in [-0.1, -0.05) is 0 Å². The molecule has 6 heteroatoms. The molecule has 1 rings (SSSR count). The molecular formula is C4H2Br2N2OS. The number of nitrogens with two attached hydrogens (primary N) is 1. The summed E-state index contributed by atoms with van der Waals surface area (Å²) in [5.41, 5.74) is 5.01. The van der Waals surface area contributed by atoms with Gasteiger partial charge in [0, 0.05) is 0 Å². The predicted octanol–water partition coefficient (Wildman–Crippen LogP) is 1.77. The van der Waals surface area contributed by atoms with Crippen LogP contribution in [0.5, 0.6) is 0 Å². The van der Waals surface area contributed by atoms with Crippen molar-refractivity contribution >= 4 is 49.1 Å². The number of hydrogen-bond donors (Lipinski definition) is 1. The maximum atomic E-state index is 10.6. The number of primary amides is 1. The highest BCUT2D eigenvalue weighted by atomic mass is 79.9. The highest BCUT2D eigenvalue weighted by molar-refractivity contribution is 9.11. The Bertz CT molecular complexity index is 272. The Morgan fingerprint density at radius 1 is 1.60 bits per heavy atom. The topological polar surface area (TPSA) is 56.0 Å². The molecule has 1 aromatic heterocycles. The maximum absolute atomic E-state index is 10.6. The van der Waals surface area contributed by atoms with Crippen LogP contribution in [-0.4, -0.2) is 10.9 Å². The summed E-state index contributed by atoms with van der Waals surface area (Å²) in [6.07, 6.45) is 0. The zero-order chi connectivity index (χ0) is 7.72. The molecule has 0 radical (unpaired) electrons. The van der Waals surface area contributed by atoms with Gasteiger partial charge in [0.15, 0.2) is 3.92 Å².